The van der Waals surface area contributed by atoms with Gasteiger partial charge < -0.3 is 5.73 Å². The second-order valence-corrected chi connectivity index (χ2v) is 4.38. The maximum atomic E-state index is 10.9. The number of carbonyl (C=O) groups is 1. The minimum atomic E-state index is -3.47. The van der Waals surface area contributed by atoms with Crippen molar-refractivity contribution in [2.75, 3.05) is 6.26 Å². The Morgan fingerprint density at radius 1 is 1.54 bits per heavy atom. The third-order valence-electron chi connectivity index (χ3n) is 1.22. The number of hydrogen-bond acceptors (Lipinski definition) is 4. The van der Waals surface area contributed by atoms with Crippen LogP contribution in [-0.4, -0.2) is 26.6 Å². The van der Waals surface area contributed by atoms with Crippen LogP contribution in [0.5, 0.6) is 0 Å². The molecule has 3 N–H and O–H groups in total. The highest BCUT2D eigenvalue weighted by Crippen LogP contribution is 1.93. The molecular weight excluding hydrogens is 216 g/mol. The van der Waals surface area contributed by atoms with Crippen molar-refractivity contribution in [1.82, 2.24) is 4.72 Å². The van der Waals surface area contributed by atoms with E-state index in [1.807, 2.05) is 11.6 Å². The van der Waals surface area contributed by atoms with Crippen LogP contribution in [-0.2, 0) is 14.8 Å². The molecule has 0 bridgehead atoms. The van der Waals surface area contributed by atoms with Gasteiger partial charge in [-0.2, -0.15) is 0 Å². The average Bonchev–Trinajstić information content (AvgIpc) is 1.84. The molecule has 0 heterocycles. The molecule has 0 aromatic carbocycles. The second kappa shape index (κ2) is 6.17. The fourth-order valence-corrected chi connectivity index (χ4v) is 1.22. The number of nitrogens with one attached hydrogen (secondary N) is 1. The molecule has 0 rings (SSSR count). The lowest BCUT2D eigenvalue weighted by molar-refractivity contribution is -0.120. The molecule has 0 aliphatic carbocycles. The standard InChI is InChI=1S/C6H14N2O3S.ClH/c1-3-4-5(7)6(9)8-12(2,10)11;/h5H,3-4,7H2,1-2H3,(H,8,9);1H/t5-;/m1./s1. The van der Waals surface area contributed by atoms with Crippen LogP contribution in [0.2, 0.25) is 0 Å². The number of nitrogens with two attached hydrogens (primary N) is 1. The summed E-state index contributed by atoms with van der Waals surface area (Å²) in [6.45, 7) is 1.87. The fourth-order valence-electron chi connectivity index (χ4n) is 0.701. The maximum Gasteiger partial charge on any atom is 0.250 e. The molecule has 0 saturated heterocycles. The zero-order valence-corrected chi connectivity index (χ0v) is 9.24. The summed E-state index contributed by atoms with van der Waals surface area (Å²) in [5.41, 5.74) is 5.36. The fraction of sp³-hybridized carbons (Fsp3) is 0.833. The van der Waals surface area contributed by atoms with E-state index >= 15 is 0 Å². The van der Waals surface area contributed by atoms with Gasteiger partial charge in [-0.1, -0.05) is 13.3 Å². The van der Waals surface area contributed by atoms with E-state index in [4.69, 9.17) is 5.73 Å². The van der Waals surface area contributed by atoms with E-state index in [9.17, 15) is 13.2 Å². The first kappa shape index (κ1) is 15.2. The van der Waals surface area contributed by atoms with Gasteiger partial charge in [-0.05, 0) is 6.42 Å². The topological polar surface area (TPSA) is 89.3 Å². The Bertz CT molecular complexity index is 253. The van der Waals surface area contributed by atoms with Gasteiger partial charge in [0.15, 0.2) is 0 Å². The van der Waals surface area contributed by atoms with Gasteiger partial charge in [-0.15, -0.1) is 12.4 Å². The lowest BCUT2D eigenvalue weighted by atomic mass is 10.2. The molecule has 7 heteroatoms. The smallest absolute Gasteiger partial charge is 0.250 e. The van der Waals surface area contributed by atoms with Crippen molar-refractivity contribution in [3.63, 3.8) is 0 Å². The van der Waals surface area contributed by atoms with Crippen LogP contribution in [0.1, 0.15) is 19.8 Å². The van der Waals surface area contributed by atoms with Gasteiger partial charge in [0.1, 0.15) is 0 Å². The number of sulfonamides is 1. The monoisotopic (exact) mass is 230 g/mol. The van der Waals surface area contributed by atoms with Crippen molar-refractivity contribution in [3.05, 3.63) is 0 Å². The largest absolute Gasteiger partial charge is 0.320 e. The normalized spacial score (nSPS) is 12.8. The second-order valence-electron chi connectivity index (χ2n) is 2.63. The van der Waals surface area contributed by atoms with E-state index in [-0.39, 0.29) is 12.4 Å². The van der Waals surface area contributed by atoms with Gasteiger partial charge in [-0.3, -0.25) is 9.52 Å². The van der Waals surface area contributed by atoms with E-state index in [0.29, 0.717) is 6.42 Å². The summed E-state index contributed by atoms with van der Waals surface area (Å²) in [4.78, 5) is 10.9. The SMILES string of the molecule is CCC[C@@H](N)C(=O)NS(C)(=O)=O.Cl. The predicted octanol–water partition coefficient (Wildman–Crippen LogP) is -0.389. The van der Waals surface area contributed by atoms with Crippen molar-refractivity contribution in [3.8, 4) is 0 Å². The highest BCUT2D eigenvalue weighted by atomic mass is 35.5. The highest BCUT2D eigenvalue weighted by Gasteiger charge is 2.15. The number of amides is 1. The molecule has 1 atom stereocenters. The van der Waals surface area contributed by atoms with Crippen LogP contribution < -0.4 is 10.5 Å². The van der Waals surface area contributed by atoms with Gasteiger partial charge in [0.05, 0.1) is 12.3 Å². The Morgan fingerprint density at radius 3 is 2.31 bits per heavy atom. The molecule has 0 aliphatic rings. The summed E-state index contributed by atoms with van der Waals surface area (Å²) in [6.07, 6.45) is 2.16. The molecule has 0 aromatic rings. The minimum absolute atomic E-state index is 0. The molecule has 5 nitrogen and oxygen atoms in total. The number of carbonyl (C=O) groups excluding carboxylic acids is 1. The molecule has 0 radical (unpaired) electrons. The van der Waals surface area contributed by atoms with Crippen molar-refractivity contribution >= 4 is 28.3 Å². The van der Waals surface area contributed by atoms with Crippen LogP contribution >= 0.6 is 12.4 Å². The molecule has 0 unspecified atom stereocenters. The Kier molecular flexibility index (Phi) is 7.20. The summed E-state index contributed by atoms with van der Waals surface area (Å²) in [5, 5.41) is 0. The summed E-state index contributed by atoms with van der Waals surface area (Å²) in [6, 6.07) is -0.732. The number of halogens is 1. The Balaban J connectivity index is 0. The van der Waals surface area contributed by atoms with Crippen LogP contribution in [0.25, 0.3) is 0 Å². The molecule has 1 amide bonds. The number of rotatable bonds is 4. The molecule has 0 aromatic heterocycles. The average molecular weight is 231 g/mol. The Labute approximate surface area is 84.5 Å². The third-order valence-corrected chi connectivity index (χ3v) is 1.79. The van der Waals surface area contributed by atoms with E-state index in [1.165, 1.54) is 0 Å². The van der Waals surface area contributed by atoms with Crippen LogP contribution in [0.3, 0.4) is 0 Å². The number of hydrogen-bond donors (Lipinski definition) is 2. The van der Waals surface area contributed by atoms with Crippen molar-refractivity contribution in [2.24, 2.45) is 5.73 Å². The van der Waals surface area contributed by atoms with Gasteiger partial charge in [0.25, 0.3) is 0 Å². The van der Waals surface area contributed by atoms with Crippen LogP contribution in [0, 0.1) is 0 Å². The van der Waals surface area contributed by atoms with Crippen LogP contribution in [0.4, 0.5) is 0 Å². The van der Waals surface area contributed by atoms with Gasteiger partial charge in [-0.25, -0.2) is 8.42 Å². The lowest BCUT2D eigenvalue weighted by Gasteiger charge is -2.08. The van der Waals surface area contributed by atoms with Gasteiger partial charge >= 0.3 is 0 Å². The lowest BCUT2D eigenvalue weighted by Crippen LogP contribution is -2.42. The third kappa shape index (κ3) is 8.01. The quantitative estimate of drug-likeness (QED) is 0.689. The van der Waals surface area contributed by atoms with Crippen molar-refractivity contribution < 1.29 is 13.2 Å². The minimum Gasteiger partial charge on any atom is -0.320 e. The molecule has 0 saturated carbocycles. The molecule has 13 heavy (non-hydrogen) atoms. The molecule has 80 valence electrons. The summed E-state index contributed by atoms with van der Waals surface area (Å²) in [5.74, 6) is -0.639. The zero-order chi connectivity index (χ0) is 9.78. The summed E-state index contributed by atoms with van der Waals surface area (Å²) in [7, 11) is -3.47. The maximum absolute atomic E-state index is 10.9. The van der Waals surface area contributed by atoms with E-state index < -0.39 is 22.0 Å². The molecule has 0 spiro atoms. The van der Waals surface area contributed by atoms with Crippen molar-refractivity contribution in [1.29, 1.82) is 0 Å². The van der Waals surface area contributed by atoms with Crippen LogP contribution in [0.15, 0.2) is 0 Å². The summed E-state index contributed by atoms with van der Waals surface area (Å²) < 4.78 is 22.9. The van der Waals surface area contributed by atoms with Gasteiger partial charge in [0.2, 0.25) is 15.9 Å². The summed E-state index contributed by atoms with van der Waals surface area (Å²) >= 11 is 0. The van der Waals surface area contributed by atoms with E-state index in [1.54, 1.807) is 0 Å². The van der Waals surface area contributed by atoms with Crippen molar-refractivity contribution in [2.45, 2.75) is 25.8 Å². The van der Waals surface area contributed by atoms with E-state index in [0.717, 1.165) is 12.7 Å². The first-order chi connectivity index (χ1) is 5.37. The van der Waals surface area contributed by atoms with Gasteiger partial charge in [0, 0.05) is 0 Å². The molecule has 0 fully saturated rings. The zero-order valence-electron chi connectivity index (χ0n) is 7.61. The Hall–Kier alpha value is -0.330. The first-order valence-electron chi connectivity index (χ1n) is 3.64. The molecule has 0 aliphatic heterocycles. The molecular formula is C6H15ClN2O3S. The predicted molar refractivity (Wildman–Crippen MR) is 53.1 cm³/mol. The first-order valence-corrected chi connectivity index (χ1v) is 5.53. The highest BCUT2D eigenvalue weighted by molar-refractivity contribution is 7.89. The Morgan fingerprint density at radius 2 is 2.00 bits per heavy atom. The van der Waals surface area contributed by atoms with E-state index in [2.05, 4.69) is 0 Å².